The Morgan fingerprint density at radius 2 is 1.86 bits per heavy atom. The van der Waals surface area contributed by atoms with Gasteiger partial charge < -0.3 is 14.5 Å². The maximum Gasteiger partial charge on any atom is 0.327 e. The Bertz CT molecular complexity index is 917. The van der Waals surface area contributed by atoms with Gasteiger partial charge in [0, 0.05) is 5.56 Å². The zero-order chi connectivity index (χ0) is 21.2. The minimum atomic E-state index is -0.960. The molecule has 154 valence electrons. The van der Waals surface area contributed by atoms with Gasteiger partial charge in [-0.05, 0) is 38.8 Å². The average Bonchev–Trinajstić information content (AvgIpc) is 3.28. The van der Waals surface area contributed by atoms with E-state index in [0.29, 0.717) is 18.7 Å². The maximum absolute atomic E-state index is 12.6. The van der Waals surface area contributed by atoms with Crippen molar-refractivity contribution in [2.75, 3.05) is 6.54 Å². The Hall–Kier alpha value is -3.23. The van der Waals surface area contributed by atoms with E-state index in [1.807, 2.05) is 45.0 Å². The predicted molar refractivity (Wildman–Crippen MR) is 103 cm³/mol. The highest BCUT2D eigenvalue weighted by molar-refractivity contribution is 6.08. The van der Waals surface area contributed by atoms with Crippen LogP contribution in [0.2, 0.25) is 0 Å². The molecule has 0 aliphatic carbocycles. The number of carbonyl (C=O) groups is 3. The van der Waals surface area contributed by atoms with E-state index in [1.165, 1.54) is 0 Å². The lowest BCUT2D eigenvalue weighted by molar-refractivity contribution is -0.152. The summed E-state index contributed by atoms with van der Waals surface area (Å²) >= 11 is 0. The SMILES string of the molecule is CCC1(CC)NC(=O)N(CC(=O)O[C@H](C)c2nnc(-c3ccc(C)cc3)o2)C1=O. The van der Waals surface area contributed by atoms with Gasteiger partial charge in [-0.15, -0.1) is 10.2 Å². The van der Waals surface area contributed by atoms with Gasteiger partial charge in [-0.1, -0.05) is 31.5 Å². The van der Waals surface area contributed by atoms with E-state index < -0.39 is 36.1 Å². The molecule has 1 atom stereocenters. The molecule has 0 saturated carbocycles. The highest BCUT2D eigenvalue weighted by Gasteiger charge is 2.49. The molecule has 3 rings (SSSR count). The van der Waals surface area contributed by atoms with Gasteiger partial charge in [-0.25, -0.2) is 4.79 Å². The van der Waals surface area contributed by atoms with Crippen LogP contribution in [0.3, 0.4) is 0 Å². The summed E-state index contributed by atoms with van der Waals surface area (Å²) in [7, 11) is 0. The molecule has 1 aliphatic rings. The molecular weight excluding hydrogens is 376 g/mol. The van der Waals surface area contributed by atoms with Crippen LogP contribution in [0.15, 0.2) is 28.7 Å². The number of nitrogens with one attached hydrogen (secondary N) is 1. The molecule has 2 aromatic rings. The molecule has 1 aliphatic heterocycles. The van der Waals surface area contributed by atoms with E-state index in [1.54, 1.807) is 6.92 Å². The van der Waals surface area contributed by atoms with Crippen LogP contribution in [-0.4, -0.2) is 45.1 Å². The largest absolute Gasteiger partial charge is 0.451 e. The first kappa shape index (κ1) is 20.5. The lowest BCUT2D eigenvalue weighted by Crippen LogP contribution is -2.46. The summed E-state index contributed by atoms with van der Waals surface area (Å²) in [5, 5.41) is 10.6. The number of hydrogen-bond acceptors (Lipinski definition) is 7. The first-order valence-electron chi connectivity index (χ1n) is 9.53. The number of aryl methyl sites for hydroxylation is 1. The summed E-state index contributed by atoms with van der Waals surface area (Å²) < 4.78 is 10.9. The third kappa shape index (κ3) is 3.98. The summed E-state index contributed by atoms with van der Waals surface area (Å²) in [5.41, 5.74) is 0.896. The molecule has 3 amide bonds. The number of hydrogen-bond donors (Lipinski definition) is 1. The number of esters is 1. The van der Waals surface area contributed by atoms with Crippen molar-refractivity contribution in [3.05, 3.63) is 35.7 Å². The van der Waals surface area contributed by atoms with Crippen molar-refractivity contribution in [1.29, 1.82) is 0 Å². The molecular formula is C20H24N4O5. The fourth-order valence-electron chi connectivity index (χ4n) is 3.17. The van der Waals surface area contributed by atoms with E-state index >= 15 is 0 Å². The second-order valence-corrected chi connectivity index (χ2v) is 7.05. The van der Waals surface area contributed by atoms with E-state index in [-0.39, 0.29) is 5.89 Å². The zero-order valence-corrected chi connectivity index (χ0v) is 16.9. The first-order valence-corrected chi connectivity index (χ1v) is 9.53. The minimum Gasteiger partial charge on any atom is -0.451 e. The third-order valence-corrected chi connectivity index (χ3v) is 5.14. The number of imide groups is 1. The Kier molecular flexibility index (Phi) is 5.67. The maximum atomic E-state index is 12.6. The quantitative estimate of drug-likeness (QED) is 0.561. The molecule has 0 unspecified atom stereocenters. The molecule has 1 saturated heterocycles. The molecule has 9 nitrogen and oxygen atoms in total. The summed E-state index contributed by atoms with van der Waals surface area (Å²) in [6.07, 6.45) is 0.0663. The molecule has 1 aromatic heterocycles. The van der Waals surface area contributed by atoms with Gasteiger partial charge >= 0.3 is 12.0 Å². The number of ether oxygens (including phenoxy) is 1. The molecule has 0 spiro atoms. The van der Waals surface area contributed by atoms with Crippen molar-refractivity contribution < 1.29 is 23.5 Å². The van der Waals surface area contributed by atoms with E-state index in [9.17, 15) is 14.4 Å². The van der Waals surface area contributed by atoms with Crippen LogP contribution in [0.4, 0.5) is 4.79 Å². The van der Waals surface area contributed by atoms with Gasteiger partial charge in [0.25, 0.3) is 11.8 Å². The third-order valence-electron chi connectivity index (χ3n) is 5.14. The second kappa shape index (κ2) is 8.02. The fourth-order valence-corrected chi connectivity index (χ4v) is 3.17. The van der Waals surface area contributed by atoms with Gasteiger partial charge in [0.15, 0.2) is 6.10 Å². The molecule has 29 heavy (non-hydrogen) atoms. The molecule has 2 heterocycles. The minimum absolute atomic E-state index is 0.127. The number of rotatable bonds is 7. The first-order chi connectivity index (χ1) is 13.8. The normalized spacial score (nSPS) is 16.6. The monoisotopic (exact) mass is 400 g/mol. The number of aromatic nitrogens is 2. The fraction of sp³-hybridized carbons (Fsp3) is 0.450. The van der Waals surface area contributed by atoms with Gasteiger partial charge in [-0.2, -0.15) is 0 Å². The topological polar surface area (TPSA) is 115 Å². The number of carbonyl (C=O) groups excluding carboxylic acids is 3. The Balaban J connectivity index is 1.63. The number of nitrogens with zero attached hydrogens (tertiary/aromatic N) is 3. The Morgan fingerprint density at radius 3 is 2.45 bits per heavy atom. The summed E-state index contributed by atoms with van der Waals surface area (Å²) in [4.78, 5) is 37.9. The lowest BCUT2D eigenvalue weighted by Gasteiger charge is -2.23. The zero-order valence-electron chi connectivity index (χ0n) is 16.9. The van der Waals surface area contributed by atoms with E-state index in [2.05, 4.69) is 15.5 Å². The van der Waals surface area contributed by atoms with Gasteiger partial charge in [0.1, 0.15) is 12.1 Å². The van der Waals surface area contributed by atoms with Crippen molar-refractivity contribution in [3.63, 3.8) is 0 Å². The van der Waals surface area contributed by atoms with Crippen LogP contribution in [0.5, 0.6) is 0 Å². The van der Waals surface area contributed by atoms with Gasteiger partial charge in [0.05, 0.1) is 0 Å². The number of urea groups is 1. The molecule has 0 radical (unpaired) electrons. The van der Waals surface area contributed by atoms with Crippen LogP contribution in [-0.2, 0) is 14.3 Å². The molecule has 9 heteroatoms. The molecule has 1 fully saturated rings. The van der Waals surface area contributed by atoms with Gasteiger partial charge in [0.2, 0.25) is 5.89 Å². The summed E-state index contributed by atoms with van der Waals surface area (Å²) in [6.45, 7) is 6.70. The molecule has 1 aromatic carbocycles. The van der Waals surface area contributed by atoms with E-state index in [0.717, 1.165) is 16.0 Å². The van der Waals surface area contributed by atoms with Crippen LogP contribution in [0.1, 0.15) is 51.2 Å². The second-order valence-electron chi connectivity index (χ2n) is 7.05. The van der Waals surface area contributed by atoms with Crippen LogP contribution < -0.4 is 5.32 Å². The van der Waals surface area contributed by atoms with Crippen molar-refractivity contribution in [2.24, 2.45) is 0 Å². The van der Waals surface area contributed by atoms with E-state index in [4.69, 9.17) is 9.15 Å². The Morgan fingerprint density at radius 1 is 1.21 bits per heavy atom. The van der Waals surface area contributed by atoms with Crippen molar-refractivity contribution >= 4 is 17.9 Å². The van der Waals surface area contributed by atoms with Crippen molar-refractivity contribution in [1.82, 2.24) is 20.4 Å². The highest BCUT2D eigenvalue weighted by Crippen LogP contribution is 2.26. The number of amides is 3. The average molecular weight is 400 g/mol. The molecule has 0 bridgehead atoms. The predicted octanol–water partition coefficient (Wildman–Crippen LogP) is 2.76. The smallest absolute Gasteiger partial charge is 0.327 e. The standard InChI is InChI=1S/C20H24N4O5/c1-5-20(6-2)18(26)24(19(27)21-20)11-15(25)28-13(4)16-22-23-17(29-16)14-9-7-12(3)8-10-14/h7-10,13H,5-6,11H2,1-4H3,(H,21,27)/t13-/m1/s1. The summed E-state index contributed by atoms with van der Waals surface area (Å²) in [5.74, 6) is -0.717. The van der Waals surface area contributed by atoms with Crippen molar-refractivity contribution in [2.45, 2.75) is 52.2 Å². The van der Waals surface area contributed by atoms with Crippen LogP contribution in [0, 0.1) is 6.92 Å². The van der Waals surface area contributed by atoms with Crippen LogP contribution >= 0.6 is 0 Å². The Labute approximate surface area is 168 Å². The molecule has 1 N–H and O–H groups in total. The van der Waals surface area contributed by atoms with Crippen molar-refractivity contribution in [3.8, 4) is 11.5 Å². The van der Waals surface area contributed by atoms with Crippen LogP contribution in [0.25, 0.3) is 11.5 Å². The number of benzene rings is 1. The summed E-state index contributed by atoms with van der Waals surface area (Å²) in [6, 6.07) is 6.96. The highest BCUT2D eigenvalue weighted by atomic mass is 16.6. The lowest BCUT2D eigenvalue weighted by atomic mass is 9.93. The van der Waals surface area contributed by atoms with Gasteiger partial charge in [-0.3, -0.25) is 14.5 Å².